The molecule has 0 aliphatic heterocycles. The Bertz CT molecular complexity index is 193. The van der Waals surface area contributed by atoms with E-state index in [1.807, 2.05) is 0 Å². The molecule has 0 unspecified atom stereocenters. The highest BCUT2D eigenvalue weighted by atomic mass is 35.5. The number of halogens is 1. The first-order chi connectivity index (χ1) is 5.91. The molecule has 0 rings (SSSR count). The smallest absolute Gasteiger partial charge is 0.103 e. The van der Waals surface area contributed by atoms with Gasteiger partial charge in [0.2, 0.25) is 0 Å². The van der Waals surface area contributed by atoms with Crippen molar-refractivity contribution >= 4 is 11.6 Å². The second-order valence-corrected chi connectivity index (χ2v) is 3.46. The van der Waals surface area contributed by atoms with Gasteiger partial charge in [0.05, 0.1) is 11.5 Å². The van der Waals surface area contributed by atoms with E-state index >= 15 is 0 Å². The maximum atomic E-state index is 9.41. The Morgan fingerprint density at radius 3 is 2.15 bits per heavy atom. The lowest BCUT2D eigenvalue weighted by molar-refractivity contribution is 0.0183. The van der Waals surface area contributed by atoms with Crippen LogP contribution in [0.3, 0.4) is 0 Å². The molecule has 0 aromatic rings. The third-order valence-corrected chi connectivity index (χ3v) is 2.24. The Morgan fingerprint density at radius 2 is 1.85 bits per heavy atom. The molecule has 0 spiro atoms. The third kappa shape index (κ3) is 3.48. The molecule has 0 saturated carbocycles. The zero-order valence-electron chi connectivity index (χ0n) is 7.52. The number of hydrogen-bond donors (Lipinski definition) is 3. The molecule has 0 amide bonds. The average Bonchev–Trinajstić information content (AvgIpc) is 2.12. The van der Waals surface area contributed by atoms with Gasteiger partial charge in [-0.25, -0.2) is 0 Å². The summed E-state index contributed by atoms with van der Waals surface area (Å²) >= 11 is 5.65. The van der Waals surface area contributed by atoms with Crippen molar-refractivity contribution in [1.29, 1.82) is 0 Å². The maximum absolute atomic E-state index is 9.41. The van der Waals surface area contributed by atoms with Gasteiger partial charge >= 0.3 is 0 Å². The van der Waals surface area contributed by atoms with Crippen molar-refractivity contribution in [1.82, 2.24) is 0 Å². The fourth-order valence-electron chi connectivity index (χ4n) is 0.798. The third-order valence-electron chi connectivity index (χ3n) is 1.72. The van der Waals surface area contributed by atoms with Gasteiger partial charge in [0.1, 0.15) is 12.2 Å². The molecule has 0 fully saturated rings. The number of aliphatic hydroxyl groups is 3. The van der Waals surface area contributed by atoms with Crippen molar-refractivity contribution in [2.24, 2.45) is 0 Å². The summed E-state index contributed by atoms with van der Waals surface area (Å²) in [7, 11) is 0. The lowest BCUT2D eigenvalue weighted by atomic mass is 10.0. The first-order valence-electron chi connectivity index (χ1n) is 3.88. The second-order valence-electron chi connectivity index (χ2n) is 2.95. The molecular weight excluding hydrogens is 192 g/mol. The summed E-state index contributed by atoms with van der Waals surface area (Å²) in [6.07, 6.45) is -2.22. The minimum atomic E-state index is -1.24. The van der Waals surface area contributed by atoms with Crippen LogP contribution in [0.5, 0.6) is 0 Å². The summed E-state index contributed by atoms with van der Waals surface area (Å²) < 4.78 is 0. The predicted octanol–water partition coefficient (Wildman–Crippen LogP) is 0.439. The topological polar surface area (TPSA) is 60.7 Å². The van der Waals surface area contributed by atoms with Crippen LogP contribution in [0, 0.1) is 0 Å². The first kappa shape index (κ1) is 12.7. The van der Waals surface area contributed by atoms with Gasteiger partial charge in [-0.3, -0.25) is 0 Å². The summed E-state index contributed by atoms with van der Waals surface area (Å²) in [5.74, 6) is 0. The zero-order chi connectivity index (χ0) is 10.6. The molecule has 13 heavy (non-hydrogen) atoms. The summed E-state index contributed by atoms with van der Waals surface area (Å²) in [6.45, 7) is 8.35. The van der Waals surface area contributed by atoms with Crippen LogP contribution in [-0.4, -0.2) is 39.0 Å². The van der Waals surface area contributed by atoms with E-state index < -0.39 is 23.7 Å². The number of aliphatic hydroxyl groups excluding tert-OH is 3. The fourth-order valence-corrected chi connectivity index (χ4v) is 1.04. The highest BCUT2D eigenvalue weighted by Crippen LogP contribution is 2.16. The minimum absolute atomic E-state index is 0.398. The minimum Gasteiger partial charge on any atom is -0.388 e. The lowest BCUT2D eigenvalue weighted by Crippen LogP contribution is -2.40. The largest absolute Gasteiger partial charge is 0.388 e. The molecule has 0 saturated heterocycles. The quantitative estimate of drug-likeness (QED) is 0.452. The normalized spacial score (nSPS) is 20.1. The van der Waals surface area contributed by atoms with Gasteiger partial charge in [-0.05, 0) is 12.5 Å². The molecule has 0 aromatic carbocycles. The van der Waals surface area contributed by atoms with E-state index in [9.17, 15) is 15.3 Å². The van der Waals surface area contributed by atoms with Crippen LogP contribution in [0.1, 0.15) is 6.92 Å². The van der Waals surface area contributed by atoms with Crippen molar-refractivity contribution in [3.8, 4) is 0 Å². The van der Waals surface area contributed by atoms with E-state index in [2.05, 4.69) is 13.2 Å². The van der Waals surface area contributed by atoms with Gasteiger partial charge in [-0.2, -0.15) is 0 Å². The van der Waals surface area contributed by atoms with Crippen molar-refractivity contribution in [2.45, 2.75) is 30.6 Å². The molecule has 3 nitrogen and oxygen atoms in total. The second kappa shape index (κ2) is 5.40. The van der Waals surface area contributed by atoms with Crippen LogP contribution < -0.4 is 0 Å². The maximum Gasteiger partial charge on any atom is 0.103 e. The van der Waals surface area contributed by atoms with E-state index in [-0.39, 0.29) is 0 Å². The van der Waals surface area contributed by atoms with Gasteiger partial charge in [-0.15, -0.1) is 18.2 Å². The first-order valence-corrected chi connectivity index (χ1v) is 4.31. The van der Waals surface area contributed by atoms with Gasteiger partial charge in [0, 0.05) is 0 Å². The van der Waals surface area contributed by atoms with Crippen LogP contribution in [0.4, 0.5) is 0 Å². The molecule has 0 radical (unpaired) electrons. The van der Waals surface area contributed by atoms with Crippen molar-refractivity contribution < 1.29 is 15.3 Å². The van der Waals surface area contributed by atoms with Crippen LogP contribution in [0.15, 0.2) is 24.8 Å². The molecule has 0 aromatic heterocycles. The van der Waals surface area contributed by atoms with Gasteiger partial charge in [-0.1, -0.05) is 12.7 Å². The standard InChI is InChI=1S/C9H15ClO3/c1-4-6(11)7(10)9(13)8(12)5(2)3/h4,6-9,11-13H,1-2H2,3H3/t6-,7+,8+,9-/m0/s1. The lowest BCUT2D eigenvalue weighted by Gasteiger charge is -2.24. The van der Waals surface area contributed by atoms with E-state index in [0.29, 0.717) is 5.57 Å². The number of alkyl halides is 1. The predicted molar refractivity (Wildman–Crippen MR) is 52.7 cm³/mol. The molecule has 4 heteroatoms. The Morgan fingerprint density at radius 1 is 1.38 bits per heavy atom. The van der Waals surface area contributed by atoms with Crippen LogP contribution in [0.25, 0.3) is 0 Å². The Kier molecular flexibility index (Phi) is 5.25. The van der Waals surface area contributed by atoms with Crippen LogP contribution in [0.2, 0.25) is 0 Å². The molecular formula is C9H15ClO3. The fraction of sp³-hybridized carbons (Fsp3) is 0.556. The Balaban J connectivity index is 4.32. The molecule has 0 bridgehead atoms. The molecule has 0 aliphatic rings. The number of hydrogen-bond acceptors (Lipinski definition) is 3. The molecule has 0 aliphatic carbocycles. The number of rotatable bonds is 5. The van der Waals surface area contributed by atoms with E-state index in [1.165, 1.54) is 6.08 Å². The molecule has 3 N–H and O–H groups in total. The summed E-state index contributed by atoms with van der Waals surface area (Å²) in [4.78, 5) is 0. The van der Waals surface area contributed by atoms with Crippen LogP contribution >= 0.6 is 11.6 Å². The van der Waals surface area contributed by atoms with Crippen molar-refractivity contribution in [3.05, 3.63) is 24.8 Å². The van der Waals surface area contributed by atoms with Crippen molar-refractivity contribution in [2.75, 3.05) is 0 Å². The average molecular weight is 207 g/mol. The van der Waals surface area contributed by atoms with Crippen LogP contribution in [-0.2, 0) is 0 Å². The van der Waals surface area contributed by atoms with E-state index in [4.69, 9.17) is 11.6 Å². The van der Waals surface area contributed by atoms with Gasteiger partial charge < -0.3 is 15.3 Å². The monoisotopic (exact) mass is 206 g/mol. The van der Waals surface area contributed by atoms with Gasteiger partial charge in [0.25, 0.3) is 0 Å². The van der Waals surface area contributed by atoms with Gasteiger partial charge in [0.15, 0.2) is 0 Å². The van der Waals surface area contributed by atoms with E-state index in [0.717, 1.165) is 0 Å². The van der Waals surface area contributed by atoms with Crippen molar-refractivity contribution in [3.63, 3.8) is 0 Å². The zero-order valence-corrected chi connectivity index (χ0v) is 8.28. The highest BCUT2D eigenvalue weighted by Gasteiger charge is 2.29. The molecule has 0 heterocycles. The molecule has 4 atom stereocenters. The Hall–Kier alpha value is -0.350. The Labute approximate surface area is 83.0 Å². The summed E-state index contributed by atoms with van der Waals surface area (Å²) in [6, 6.07) is 0. The SMILES string of the molecule is C=C[C@H](O)[C@@H](Cl)[C@H](O)[C@H](O)C(=C)C. The summed E-state index contributed by atoms with van der Waals surface area (Å²) in [5, 5.41) is 26.9. The van der Waals surface area contributed by atoms with E-state index in [1.54, 1.807) is 6.92 Å². The summed E-state index contributed by atoms with van der Waals surface area (Å²) in [5.41, 5.74) is 0.398. The highest BCUT2D eigenvalue weighted by molar-refractivity contribution is 6.21. The molecule has 76 valence electrons.